The average Bonchev–Trinajstić information content (AvgIpc) is 1.62. The number of nitrogens with one attached hydrogen (secondary N) is 4. The van der Waals surface area contributed by atoms with Crippen molar-refractivity contribution in [1.29, 1.82) is 0 Å². The Morgan fingerprint density at radius 1 is 0.313 bits per heavy atom. The van der Waals surface area contributed by atoms with Crippen molar-refractivity contribution in [3.8, 4) is 0 Å². The van der Waals surface area contributed by atoms with Crippen LogP contribution in [0.5, 0.6) is 0 Å². The maximum Gasteiger partial charge on any atom is 0.416 e. The number of nitroso groups, excluding NO2 is 1. The topological polar surface area (TPSA) is 268 Å². The van der Waals surface area contributed by atoms with E-state index in [9.17, 15) is 154 Å². The van der Waals surface area contributed by atoms with Gasteiger partial charge in [0.1, 0.15) is 5.69 Å². The number of piperidine rings is 4. The molecule has 13 rings (SSSR count). The lowest BCUT2D eigenvalue weighted by Gasteiger charge is -2.38. The summed E-state index contributed by atoms with van der Waals surface area (Å²) in [4.78, 5) is 37.2. The van der Waals surface area contributed by atoms with E-state index >= 15 is 0 Å². The summed E-state index contributed by atoms with van der Waals surface area (Å²) >= 11 is 0. The van der Waals surface area contributed by atoms with E-state index in [0.717, 1.165) is 97.5 Å². The number of hydrogen-bond donors (Lipinski definition) is 4. The first kappa shape index (κ1) is 107. The zero-order chi connectivity index (χ0) is 96.5. The van der Waals surface area contributed by atoms with Gasteiger partial charge < -0.3 is 31.1 Å². The highest BCUT2D eigenvalue weighted by Crippen LogP contribution is 2.45. The zero-order valence-corrected chi connectivity index (χ0v) is 71.3. The molecule has 0 radical (unpaired) electrons. The van der Waals surface area contributed by atoms with Gasteiger partial charge in [0, 0.05) is 87.9 Å². The van der Waals surface area contributed by atoms with E-state index in [1.165, 1.54) is 43.1 Å². The normalized spacial score (nSPS) is 17.2. The SMILES string of the molecule is C.CN(C1CCN(C(=O)Nc2cc(C(F)(F)F)cc(C(F)(F)F)c2)CC1)S(=O)(=O)c1ccccc1.CN(C1CCNCC1)S(=O)(=O)c1ccccc1.O=C(Nc1cc(C(F)(F)F)cc(C(F)(F)F)c1)N1CCC(N(C2CC2)S(=O)(=O)c2cccc(C(F)(F)F)c2)CC1.O=Nc1cc(C(F)(F)F)cc(C(F)(F)F)c1.O=S(=O)(c1cccc(C(F)(F)F)c1)N(C1CCNCC1)C1CC1. The average molecular weight is 1970 g/mol. The molecule has 131 heavy (non-hydrogen) atoms. The molecule has 0 atom stereocenters. The third-order valence-electron chi connectivity index (χ3n) is 21.4. The monoisotopic (exact) mass is 1970 g/mol. The number of nitrogens with zero attached hydrogens (tertiary/aromatic N) is 7. The molecule has 50 heteroatoms. The minimum atomic E-state index is -5.10. The fourth-order valence-electron chi connectivity index (χ4n) is 14.3. The minimum Gasteiger partial charge on any atom is -0.324 e. The number of sulfonamides is 4. The largest absolute Gasteiger partial charge is 0.416 e. The molecule has 0 aromatic heterocycles. The molecule has 22 nitrogen and oxygen atoms in total. The molecule has 4 heterocycles. The maximum absolute atomic E-state index is 13.4. The second kappa shape index (κ2) is 42.4. The van der Waals surface area contributed by atoms with Gasteiger partial charge in [-0.25, -0.2) is 43.3 Å². The summed E-state index contributed by atoms with van der Waals surface area (Å²) in [7, 11) is -12.3. The van der Waals surface area contributed by atoms with Gasteiger partial charge in [-0.05, 0) is 224 Å². The van der Waals surface area contributed by atoms with E-state index in [2.05, 4.69) is 21.1 Å². The van der Waals surface area contributed by atoms with E-state index in [1.807, 2.05) is 11.4 Å². The lowest BCUT2D eigenvalue weighted by atomic mass is 10.1. The van der Waals surface area contributed by atoms with Crippen molar-refractivity contribution in [2.45, 2.75) is 190 Å². The van der Waals surface area contributed by atoms with Crippen molar-refractivity contribution in [2.75, 3.05) is 77.1 Å². The van der Waals surface area contributed by atoms with Crippen LogP contribution in [0.15, 0.2) is 189 Å². The molecule has 4 N–H and O–H groups in total. The number of urea groups is 2. The molecule has 2 aliphatic carbocycles. The Morgan fingerprint density at radius 3 is 0.832 bits per heavy atom. The van der Waals surface area contributed by atoms with E-state index in [1.54, 1.807) is 49.5 Å². The highest BCUT2D eigenvalue weighted by atomic mass is 32.2. The van der Waals surface area contributed by atoms with Crippen LogP contribution < -0.4 is 21.3 Å². The van der Waals surface area contributed by atoms with Crippen molar-refractivity contribution >= 4 is 69.2 Å². The van der Waals surface area contributed by atoms with Crippen molar-refractivity contribution in [1.82, 2.24) is 37.7 Å². The fourth-order valence-corrected chi connectivity index (χ4v) is 21.1. The number of rotatable bonds is 17. The lowest BCUT2D eigenvalue weighted by Crippen LogP contribution is -2.50. The van der Waals surface area contributed by atoms with Gasteiger partial charge in [-0.3, -0.25) is 0 Å². The van der Waals surface area contributed by atoms with Crippen LogP contribution in [0.2, 0.25) is 0 Å². The summed E-state index contributed by atoms with van der Waals surface area (Å²) in [6.45, 7) is 3.18. The van der Waals surface area contributed by atoms with Crippen LogP contribution in [0.4, 0.5) is 132 Å². The predicted octanol–water partition coefficient (Wildman–Crippen LogP) is 20.1. The first-order valence-corrected chi connectivity index (χ1v) is 45.1. The van der Waals surface area contributed by atoms with E-state index in [0.29, 0.717) is 60.9 Å². The van der Waals surface area contributed by atoms with E-state index < -0.39 is 186 Å². The minimum absolute atomic E-state index is 0. The molecule has 0 unspecified atom stereocenters. The molecule has 4 saturated heterocycles. The third-order valence-corrected chi connectivity index (χ3v) is 29.2. The van der Waals surface area contributed by atoms with E-state index in [4.69, 9.17) is 0 Å². The highest BCUT2D eigenvalue weighted by Gasteiger charge is 2.48. The van der Waals surface area contributed by atoms with Gasteiger partial charge in [0.15, 0.2) is 0 Å². The molecule has 7 aromatic carbocycles. The molecule has 6 fully saturated rings. The lowest BCUT2D eigenvalue weighted by molar-refractivity contribution is -0.144. The Kier molecular flexibility index (Phi) is 34.6. The molecule has 724 valence electrons. The third kappa shape index (κ3) is 28.8. The summed E-state index contributed by atoms with van der Waals surface area (Å²) < 4.78 is 416. The summed E-state index contributed by atoms with van der Waals surface area (Å²) in [6, 6.07) is 22.2. The van der Waals surface area contributed by atoms with Crippen LogP contribution in [0, 0.1) is 4.91 Å². The fraction of sp³-hybridized carbons (Fsp3) is 0.457. The molecule has 7 aromatic rings. The van der Waals surface area contributed by atoms with Crippen LogP contribution in [0.3, 0.4) is 0 Å². The van der Waals surface area contributed by atoms with E-state index in [-0.39, 0.29) is 118 Å². The molecule has 4 amide bonds. The van der Waals surface area contributed by atoms with Gasteiger partial charge in [-0.15, -0.1) is 4.91 Å². The first-order chi connectivity index (χ1) is 60.1. The number of anilines is 2. The standard InChI is InChI=1S/C24H22F9N3O3S.C21H21F6N3O3S.C15H19F3N2O2S.C12H18N2O2S.C8H3F6NO.CH4/c25-22(26,27)14-2-1-3-20(13-14)40(38,39)36(18-4-5-18)19-6-8-35(9-7-19)21(37)34-17-11-15(23(28,29)30)10-16(12-17)24(31,32)33;1-29(34(32,33)18-5-3-2-4-6-18)17-7-9-30(10-8-17)19(31)28-16-12-14(20(22,23)24)11-15(13-16)21(25,26)27;16-15(17,18)11-2-1-3-14(10-11)23(21,22)20(12-4-5-12)13-6-8-19-9-7-13;1-14(11-7-9-13-10-8-11)17(15,16)12-5-3-2-4-6-12;9-7(10,11)4-1-5(8(12,13)14)3-6(2-4)15-16;/h1-3,10-13,18-19H,4-9H2,(H,34,37);2-6,11-13,17H,7-10H2,1H3,(H,28,31);1-3,10,12-13,19H,4-9H2;2-6,11,13H,7-10H2,1H3;1-3H;1H4. The summed E-state index contributed by atoms with van der Waals surface area (Å²) in [5.74, 6) is 0. The van der Waals surface area contributed by atoms with Crippen molar-refractivity contribution in [3.63, 3.8) is 0 Å². The summed E-state index contributed by atoms with van der Waals surface area (Å²) in [5, 5.41) is 12.6. The van der Waals surface area contributed by atoms with Crippen molar-refractivity contribution < 1.29 is 149 Å². The van der Waals surface area contributed by atoms with Gasteiger partial charge in [-0.1, -0.05) is 56.0 Å². The Balaban J connectivity index is 0.000000210. The second-order valence-electron chi connectivity index (χ2n) is 30.6. The van der Waals surface area contributed by atoms with Gasteiger partial charge in [0.2, 0.25) is 40.1 Å². The number of carbonyl (C=O) groups excluding carboxylic acids is 2. The molecule has 6 aliphatic rings. The molecular weight excluding hydrogens is 1890 g/mol. The number of amides is 4. The van der Waals surface area contributed by atoms with Crippen LogP contribution in [0.25, 0.3) is 0 Å². The summed E-state index contributed by atoms with van der Waals surface area (Å²) in [5.41, 5.74) is -13.7. The number of benzene rings is 7. The number of hydrogen-bond acceptors (Lipinski definition) is 14. The van der Waals surface area contributed by atoms with Crippen LogP contribution in [-0.2, 0) is 89.5 Å². The van der Waals surface area contributed by atoms with Crippen LogP contribution >= 0.6 is 0 Å². The predicted molar refractivity (Wildman–Crippen MR) is 430 cm³/mol. The molecule has 0 bridgehead atoms. The number of halogens is 24. The number of likely N-dealkylation sites (tertiary alicyclic amines) is 2. The van der Waals surface area contributed by atoms with Crippen LogP contribution in [0.1, 0.15) is 129 Å². The number of alkyl halides is 24. The summed E-state index contributed by atoms with van der Waals surface area (Å²) in [6.07, 6.45) is -33.2. The van der Waals surface area contributed by atoms with Gasteiger partial charge in [0.05, 0.1) is 64.1 Å². The Bertz CT molecular complexity index is 5430. The van der Waals surface area contributed by atoms with Gasteiger partial charge in [0.25, 0.3) is 0 Å². The van der Waals surface area contributed by atoms with Gasteiger partial charge in [-0.2, -0.15) is 123 Å². The van der Waals surface area contributed by atoms with Crippen molar-refractivity contribution in [2.24, 2.45) is 5.18 Å². The molecule has 0 spiro atoms. The molecular formula is C81H87F24N11O11S4. The van der Waals surface area contributed by atoms with Gasteiger partial charge >= 0.3 is 61.5 Å². The molecule has 2 saturated carbocycles. The maximum atomic E-state index is 13.4. The highest BCUT2D eigenvalue weighted by molar-refractivity contribution is 7.90. The molecule has 4 aliphatic heterocycles. The van der Waals surface area contributed by atoms with Crippen molar-refractivity contribution in [3.05, 3.63) is 213 Å². The quantitative estimate of drug-likeness (QED) is 0.0489. The van der Waals surface area contributed by atoms with Crippen LogP contribution in [-0.4, -0.2) is 175 Å². The second-order valence-corrected chi connectivity index (χ2v) is 38.2. The Labute approximate surface area is 737 Å². The Morgan fingerprint density at radius 2 is 0.557 bits per heavy atom. The smallest absolute Gasteiger partial charge is 0.324 e. The zero-order valence-electron chi connectivity index (χ0n) is 68.0. The Hall–Kier alpha value is -9.44. The number of carbonyl (C=O) groups is 2. The first-order valence-electron chi connectivity index (χ1n) is 39.4.